The van der Waals surface area contributed by atoms with Crippen molar-refractivity contribution >= 4 is 22.6 Å². The lowest BCUT2D eigenvalue weighted by molar-refractivity contribution is 0.0544. The Hall–Kier alpha value is -0.290. The average molecular weight is 371 g/mol. The lowest BCUT2D eigenvalue weighted by atomic mass is 9.51. The molecule has 19 heavy (non-hydrogen) atoms. The van der Waals surface area contributed by atoms with E-state index in [1.807, 2.05) is 0 Å². The van der Waals surface area contributed by atoms with Crippen molar-refractivity contribution in [3.05, 3.63) is 26.8 Å². The van der Waals surface area contributed by atoms with Gasteiger partial charge in [-0.05, 0) is 65.1 Å². The normalized spacial score (nSPS) is 31.7. The van der Waals surface area contributed by atoms with E-state index in [9.17, 15) is 0 Å². The van der Waals surface area contributed by atoms with Crippen LogP contribution in [0.3, 0.4) is 0 Å². The summed E-state index contributed by atoms with van der Waals surface area (Å²) < 4.78 is 7.01. The maximum atomic E-state index is 5.61. The fourth-order valence-electron chi connectivity index (χ4n) is 4.03. The largest absolute Gasteiger partial charge is 0.496 e. The number of halogens is 1. The summed E-state index contributed by atoms with van der Waals surface area (Å²) in [5.41, 5.74) is 3.48. The highest BCUT2D eigenvalue weighted by Crippen LogP contribution is 2.56. The van der Waals surface area contributed by atoms with Crippen LogP contribution in [0.5, 0.6) is 5.75 Å². The predicted octanol–water partition coefficient (Wildman–Crippen LogP) is 3.50. The van der Waals surface area contributed by atoms with E-state index in [-0.39, 0.29) is 10.8 Å². The Morgan fingerprint density at radius 1 is 1.32 bits per heavy atom. The molecular formula is C16H22INO. The molecule has 1 heterocycles. The molecule has 0 radical (unpaired) electrons. The van der Waals surface area contributed by atoms with Gasteiger partial charge < -0.3 is 10.1 Å². The van der Waals surface area contributed by atoms with Crippen molar-refractivity contribution in [1.29, 1.82) is 0 Å². The molecule has 1 saturated heterocycles. The Morgan fingerprint density at radius 2 is 2.05 bits per heavy atom. The molecule has 1 fully saturated rings. The highest BCUT2D eigenvalue weighted by atomic mass is 127. The van der Waals surface area contributed by atoms with E-state index in [1.165, 1.54) is 21.1 Å². The van der Waals surface area contributed by atoms with Gasteiger partial charge in [0.1, 0.15) is 5.75 Å². The molecule has 0 aromatic heterocycles. The second-order valence-corrected chi connectivity index (χ2v) is 7.78. The molecule has 1 N–H and O–H groups in total. The number of hydrogen-bond acceptors (Lipinski definition) is 2. The molecule has 3 heteroatoms. The molecule has 0 saturated carbocycles. The molecule has 0 unspecified atom stereocenters. The quantitative estimate of drug-likeness (QED) is 0.763. The van der Waals surface area contributed by atoms with Crippen molar-refractivity contribution < 1.29 is 4.74 Å². The van der Waals surface area contributed by atoms with E-state index in [1.54, 1.807) is 7.11 Å². The minimum absolute atomic E-state index is 0.238. The summed E-state index contributed by atoms with van der Waals surface area (Å²) in [6.07, 6.45) is 2.28. The molecule has 1 aromatic rings. The standard InChI is InChI=1S/C16H22INO/c1-15(2)13-9-10-12(19-4)6-5-11(17)14(10)16(15,3)7-8-18-13/h5-6,13,18H,7-9H2,1-4H3/t13-,16-/m1/s1. The van der Waals surface area contributed by atoms with Crippen LogP contribution >= 0.6 is 22.6 Å². The lowest BCUT2D eigenvalue weighted by Gasteiger charge is -2.58. The summed E-state index contributed by atoms with van der Waals surface area (Å²) >= 11 is 2.50. The number of methoxy groups -OCH3 is 1. The van der Waals surface area contributed by atoms with Crippen molar-refractivity contribution in [3.8, 4) is 5.75 Å². The molecule has 2 nitrogen and oxygen atoms in total. The number of hydrogen-bond donors (Lipinski definition) is 1. The Morgan fingerprint density at radius 3 is 2.74 bits per heavy atom. The monoisotopic (exact) mass is 371 g/mol. The first kappa shape index (κ1) is 13.7. The van der Waals surface area contributed by atoms with Gasteiger partial charge in [-0.15, -0.1) is 0 Å². The Bertz CT molecular complexity index is 526. The summed E-state index contributed by atoms with van der Waals surface area (Å²) in [5, 5.41) is 3.72. The third-order valence-corrected chi connectivity index (χ3v) is 6.61. The molecule has 2 aliphatic rings. The summed E-state index contributed by atoms with van der Waals surface area (Å²) in [4.78, 5) is 0. The van der Waals surface area contributed by atoms with Gasteiger partial charge in [-0.2, -0.15) is 0 Å². The third-order valence-electron chi connectivity index (χ3n) is 5.71. The van der Waals surface area contributed by atoms with E-state index < -0.39 is 0 Å². The van der Waals surface area contributed by atoms with Gasteiger partial charge in [-0.1, -0.05) is 20.8 Å². The van der Waals surface area contributed by atoms with Gasteiger partial charge in [0, 0.05) is 20.6 Å². The lowest BCUT2D eigenvalue weighted by Crippen LogP contribution is -2.62. The number of nitrogens with one attached hydrogen (secondary N) is 1. The Kier molecular flexibility index (Phi) is 3.13. The highest BCUT2D eigenvalue weighted by molar-refractivity contribution is 14.1. The maximum absolute atomic E-state index is 5.61. The summed E-state index contributed by atoms with van der Waals surface area (Å²) in [5.74, 6) is 1.06. The van der Waals surface area contributed by atoms with Crippen LogP contribution in [0, 0.1) is 8.99 Å². The Labute approximate surface area is 129 Å². The van der Waals surface area contributed by atoms with Crippen LogP contribution in [0.25, 0.3) is 0 Å². The maximum Gasteiger partial charge on any atom is 0.122 e. The molecule has 104 valence electrons. The smallest absolute Gasteiger partial charge is 0.122 e. The summed E-state index contributed by atoms with van der Waals surface area (Å²) in [6.45, 7) is 8.41. The molecule has 1 aliphatic heterocycles. The van der Waals surface area contributed by atoms with Crippen LogP contribution in [0.1, 0.15) is 38.3 Å². The highest BCUT2D eigenvalue weighted by Gasteiger charge is 2.54. The van der Waals surface area contributed by atoms with E-state index >= 15 is 0 Å². The van der Waals surface area contributed by atoms with Crippen LogP contribution in [0.4, 0.5) is 0 Å². The van der Waals surface area contributed by atoms with Gasteiger partial charge in [-0.25, -0.2) is 0 Å². The van der Waals surface area contributed by atoms with Crippen LogP contribution in [0.2, 0.25) is 0 Å². The van der Waals surface area contributed by atoms with E-state index in [0.29, 0.717) is 6.04 Å². The average Bonchev–Trinajstić information content (AvgIpc) is 2.33. The number of ether oxygens (including phenoxy) is 1. The fourth-order valence-corrected chi connectivity index (χ4v) is 5.13. The molecule has 0 amide bonds. The minimum atomic E-state index is 0.238. The summed E-state index contributed by atoms with van der Waals surface area (Å²) in [6, 6.07) is 4.88. The van der Waals surface area contributed by atoms with E-state index in [4.69, 9.17) is 4.74 Å². The van der Waals surface area contributed by atoms with E-state index in [0.717, 1.165) is 18.7 Å². The number of fused-ring (bicyclic) bond motifs is 4. The van der Waals surface area contributed by atoms with Crippen LogP contribution < -0.4 is 10.1 Å². The van der Waals surface area contributed by atoms with Crippen molar-refractivity contribution in [2.75, 3.05) is 13.7 Å². The second-order valence-electron chi connectivity index (χ2n) is 6.62. The van der Waals surface area contributed by atoms with Gasteiger partial charge in [0.05, 0.1) is 7.11 Å². The molecule has 1 aliphatic carbocycles. The first-order valence-electron chi connectivity index (χ1n) is 7.01. The molecule has 2 bridgehead atoms. The van der Waals surface area contributed by atoms with Gasteiger partial charge in [0.25, 0.3) is 0 Å². The second kappa shape index (κ2) is 4.35. The zero-order valence-corrected chi connectivity index (χ0v) is 14.3. The third kappa shape index (κ3) is 1.70. The molecule has 1 aromatic carbocycles. The zero-order valence-electron chi connectivity index (χ0n) is 12.1. The van der Waals surface area contributed by atoms with Crippen LogP contribution in [-0.2, 0) is 11.8 Å². The SMILES string of the molecule is COc1ccc(I)c2c1C[C@H]1NCC[C@@]2(C)C1(C)C. The number of piperidine rings is 1. The van der Waals surface area contributed by atoms with Crippen molar-refractivity contribution in [2.45, 2.75) is 45.1 Å². The Balaban J connectivity index is 2.29. The fraction of sp³-hybridized carbons (Fsp3) is 0.625. The molecule has 3 rings (SSSR count). The van der Waals surface area contributed by atoms with Crippen molar-refractivity contribution in [2.24, 2.45) is 5.41 Å². The molecule has 2 atom stereocenters. The zero-order chi connectivity index (χ0) is 13.8. The predicted molar refractivity (Wildman–Crippen MR) is 87.0 cm³/mol. The van der Waals surface area contributed by atoms with Gasteiger partial charge >= 0.3 is 0 Å². The summed E-state index contributed by atoms with van der Waals surface area (Å²) in [7, 11) is 1.79. The number of rotatable bonds is 1. The van der Waals surface area contributed by atoms with Crippen LogP contribution in [-0.4, -0.2) is 19.7 Å². The van der Waals surface area contributed by atoms with Crippen molar-refractivity contribution in [1.82, 2.24) is 5.32 Å². The van der Waals surface area contributed by atoms with Crippen LogP contribution in [0.15, 0.2) is 12.1 Å². The first-order chi connectivity index (χ1) is 8.91. The van der Waals surface area contributed by atoms with Crippen molar-refractivity contribution in [3.63, 3.8) is 0 Å². The van der Waals surface area contributed by atoms with Gasteiger partial charge in [-0.3, -0.25) is 0 Å². The van der Waals surface area contributed by atoms with Gasteiger partial charge in [0.2, 0.25) is 0 Å². The molecule has 0 spiro atoms. The first-order valence-corrected chi connectivity index (χ1v) is 8.09. The van der Waals surface area contributed by atoms with Gasteiger partial charge in [0.15, 0.2) is 0 Å². The number of benzene rings is 1. The topological polar surface area (TPSA) is 21.3 Å². The molecular weight excluding hydrogens is 349 g/mol. The minimum Gasteiger partial charge on any atom is -0.496 e. The van der Waals surface area contributed by atoms with E-state index in [2.05, 4.69) is 60.8 Å².